The van der Waals surface area contributed by atoms with Crippen molar-refractivity contribution in [3.8, 4) is 11.8 Å². The third-order valence-corrected chi connectivity index (χ3v) is 17.5. The molecular formula is C47H71N3O8. The van der Waals surface area contributed by atoms with Crippen molar-refractivity contribution in [1.82, 2.24) is 10.6 Å². The number of ketones is 1. The van der Waals surface area contributed by atoms with Crippen LogP contribution in [0.15, 0.2) is 35.2 Å². The predicted octanol–water partition coefficient (Wildman–Crippen LogP) is 3.85. The van der Waals surface area contributed by atoms with Crippen LogP contribution in [0.5, 0.6) is 0 Å². The number of aliphatic hydroxyl groups excluding tert-OH is 4. The Kier molecular flexibility index (Phi) is 11.4. The second-order valence-electron chi connectivity index (χ2n) is 20.4. The number of nitrogens with two attached hydrogens (primary N) is 1. The van der Waals surface area contributed by atoms with Crippen molar-refractivity contribution in [2.45, 2.75) is 184 Å². The molecule has 10 N–H and O–H groups in total. The highest BCUT2D eigenvalue weighted by Crippen LogP contribution is 2.74. The van der Waals surface area contributed by atoms with Crippen LogP contribution in [0.3, 0.4) is 0 Å². The maximum atomic E-state index is 15.6. The fourth-order valence-corrected chi connectivity index (χ4v) is 14.6. The second kappa shape index (κ2) is 15.6. The number of hydrogen-bond acceptors (Lipinski definition) is 11. The fourth-order valence-electron chi connectivity index (χ4n) is 14.6. The van der Waals surface area contributed by atoms with Crippen molar-refractivity contribution in [2.75, 3.05) is 6.54 Å². The lowest BCUT2D eigenvalue weighted by Gasteiger charge is -2.67. The molecule has 4 saturated carbocycles. The summed E-state index contributed by atoms with van der Waals surface area (Å²) in [6.07, 6.45) is 11.0. The van der Waals surface area contributed by atoms with Crippen molar-refractivity contribution < 1.29 is 40.2 Å². The number of rotatable bonds is 11. The molecule has 2 spiro atoms. The van der Waals surface area contributed by atoms with Gasteiger partial charge in [-0.15, -0.1) is 11.8 Å². The third-order valence-electron chi connectivity index (χ3n) is 17.5. The SMILES string of the molecule is CCCC1CCC2OC(C(O)C(C)(O)C3CCC4(O)C5=C(NCC(C)O)C(=O)C67CC#CCC34CCC5C6(CCC3=CNC(N)C=C3)CC(O)C(O)C7)C(C)C2CC1. The standard InChI is InChI=1S/C47H71N3O8/c1-5-8-29-9-12-31-28(3)40(58-35(31)13-10-29)42(55)43(4,56)36-17-22-47(57)38-32-16-21-44(36,47)18-6-7-19-46(41(54)39(38)50-25-27(2)51)24-34(53)33(52)23-45(32,46)20-15-30-11-14-37(48)49-26-30/h11,14,26-29,31-37,40,42,49-53,55-57H,5,8-10,12-13,15-25,48H2,1-4H3. The molecule has 17 unspecified atom stereocenters. The predicted molar refractivity (Wildman–Crippen MR) is 220 cm³/mol. The number of allylic oxidation sites excluding steroid dienone is 3. The van der Waals surface area contributed by atoms with Crippen molar-refractivity contribution in [1.29, 1.82) is 0 Å². The van der Waals surface area contributed by atoms with E-state index in [9.17, 15) is 30.6 Å². The highest BCUT2D eigenvalue weighted by Gasteiger charge is 2.75. The molecule has 9 rings (SSSR count). The summed E-state index contributed by atoms with van der Waals surface area (Å²) < 4.78 is 6.76. The van der Waals surface area contributed by atoms with Gasteiger partial charge in [0.1, 0.15) is 6.10 Å². The van der Waals surface area contributed by atoms with E-state index in [4.69, 9.17) is 10.5 Å². The summed E-state index contributed by atoms with van der Waals surface area (Å²) in [6.45, 7) is 7.88. The van der Waals surface area contributed by atoms with Gasteiger partial charge in [0.2, 0.25) is 0 Å². The van der Waals surface area contributed by atoms with Crippen molar-refractivity contribution in [2.24, 2.45) is 51.6 Å². The number of hydrogen-bond donors (Lipinski definition) is 9. The number of ether oxygens (including phenoxy) is 1. The second-order valence-corrected chi connectivity index (χ2v) is 20.4. The Bertz CT molecular complexity index is 1750. The molecule has 2 heterocycles. The van der Waals surface area contributed by atoms with Gasteiger partial charge in [-0.1, -0.05) is 39.2 Å². The van der Waals surface area contributed by atoms with E-state index < -0.39 is 63.9 Å². The molecule has 11 heteroatoms. The zero-order valence-corrected chi connectivity index (χ0v) is 35.3. The Morgan fingerprint density at radius 1 is 1.07 bits per heavy atom. The molecule has 0 aromatic rings. The molecule has 0 aromatic carbocycles. The van der Waals surface area contributed by atoms with Gasteiger partial charge in [-0.3, -0.25) is 4.79 Å². The minimum Gasteiger partial charge on any atom is -0.392 e. The van der Waals surface area contributed by atoms with Crippen LogP contribution in [0.2, 0.25) is 0 Å². The minimum absolute atomic E-state index is 0.0389. The average molecular weight is 806 g/mol. The molecular weight excluding hydrogens is 735 g/mol. The van der Waals surface area contributed by atoms with Crippen molar-refractivity contribution in [3.05, 3.63) is 35.2 Å². The van der Waals surface area contributed by atoms with Crippen LogP contribution in [0.4, 0.5) is 0 Å². The molecule has 11 nitrogen and oxygen atoms in total. The minimum atomic E-state index is -1.65. The number of Topliss-reactive ketones (excluding diaryl/α,β-unsaturated/α-hetero) is 1. The van der Waals surface area contributed by atoms with Gasteiger partial charge >= 0.3 is 0 Å². The zero-order chi connectivity index (χ0) is 41.4. The van der Waals surface area contributed by atoms with Crippen LogP contribution >= 0.6 is 0 Å². The Hall–Kier alpha value is -2.27. The average Bonchev–Trinajstić information content (AvgIpc) is 3.59. The number of carbonyl (C=O) groups is 1. The molecule has 5 fully saturated rings. The van der Waals surface area contributed by atoms with Crippen LogP contribution in [-0.4, -0.2) is 97.0 Å². The molecule has 0 radical (unpaired) electrons. The molecule has 7 aliphatic carbocycles. The molecule has 9 aliphatic rings. The molecule has 1 saturated heterocycles. The third kappa shape index (κ3) is 6.40. The highest BCUT2D eigenvalue weighted by molar-refractivity contribution is 6.03. The van der Waals surface area contributed by atoms with Gasteiger partial charge in [-0.25, -0.2) is 0 Å². The van der Waals surface area contributed by atoms with Gasteiger partial charge in [-0.05, 0) is 137 Å². The van der Waals surface area contributed by atoms with E-state index in [1.54, 1.807) is 13.8 Å². The van der Waals surface area contributed by atoms with E-state index in [2.05, 4.69) is 36.3 Å². The maximum absolute atomic E-state index is 15.6. The van der Waals surface area contributed by atoms with E-state index in [1.807, 2.05) is 18.4 Å². The first-order chi connectivity index (χ1) is 27.5. The van der Waals surface area contributed by atoms with Crippen molar-refractivity contribution >= 4 is 5.78 Å². The van der Waals surface area contributed by atoms with E-state index in [0.717, 1.165) is 31.3 Å². The lowest BCUT2D eigenvalue weighted by molar-refractivity contribution is -0.210. The lowest BCUT2D eigenvalue weighted by Crippen LogP contribution is -2.69. The van der Waals surface area contributed by atoms with E-state index in [0.29, 0.717) is 55.2 Å². The number of dihydropyridines is 1. The molecule has 58 heavy (non-hydrogen) atoms. The van der Waals surface area contributed by atoms with Crippen LogP contribution in [0.1, 0.15) is 130 Å². The quantitative estimate of drug-likeness (QED) is 0.138. The summed E-state index contributed by atoms with van der Waals surface area (Å²) in [4.78, 5) is 15.6. The molecule has 2 aliphatic heterocycles. The first-order valence-corrected chi connectivity index (χ1v) is 22.8. The fraction of sp³-hybridized carbons (Fsp3) is 0.809. The molecule has 17 atom stereocenters. The van der Waals surface area contributed by atoms with Gasteiger partial charge in [0.15, 0.2) is 5.78 Å². The summed E-state index contributed by atoms with van der Waals surface area (Å²) >= 11 is 0. The lowest BCUT2D eigenvalue weighted by atomic mass is 9.37. The van der Waals surface area contributed by atoms with Gasteiger partial charge in [-0.2, -0.15) is 0 Å². The van der Waals surface area contributed by atoms with Crippen LogP contribution in [0.25, 0.3) is 0 Å². The van der Waals surface area contributed by atoms with Crippen LogP contribution in [-0.2, 0) is 9.53 Å². The number of aliphatic hydroxyl groups is 6. The summed E-state index contributed by atoms with van der Waals surface area (Å²) in [5.74, 6) is 6.78. The van der Waals surface area contributed by atoms with E-state index in [-0.39, 0.29) is 68.5 Å². The van der Waals surface area contributed by atoms with Gasteiger partial charge in [0, 0.05) is 31.0 Å². The van der Waals surface area contributed by atoms with Crippen LogP contribution < -0.4 is 16.4 Å². The molecule has 322 valence electrons. The highest BCUT2D eigenvalue weighted by atomic mass is 16.5. The molecule has 0 amide bonds. The van der Waals surface area contributed by atoms with Crippen molar-refractivity contribution in [3.63, 3.8) is 0 Å². The number of fused-ring (bicyclic) bond motifs is 5. The van der Waals surface area contributed by atoms with Gasteiger partial charge < -0.3 is 51.7 Å². The largest absolute Gasteiger partial charge is 0.392 e. The van der Waals surface area contributed by atoms with Gasteiger partial charge in [0.05, 0.1) is 59.0 Å². The van der Waals surface area contributed by atoms with E-state index in [1.165, 1.54) is 12.8 Å². The Labute approximate surface area is 345 Å². The molecule has 0 aromatic heterocycles. The summed E-state index contributed by atoms with van der Waals surface area (Å²) in [7, 11) is 0. The first-order valence-electron chi connectivity index (χ1n) is 22.8. The van der Waals surface area contributed by atoms with Gasteiger partial charge in [0.25, 0.3) is 0 Å². The Morgan fingerprint density at radius 2 is 1.81 bits per heavy atom. The zero-order valence-electron chi connectivity index (χ0n) is 35.3. The normalized spacial score (nSPS) is 46.4. The summed E-state index contributed by atoms with van der Waals surface area (Å²) in [5, 5.41) is 79.2. The van der Waals surface area contributed by atoms with Crippen LogP contribution in [0, 0.1) is 57.7 Å². The Morgan fingerprint density at radius 3 is 2.53 bits per heavy atom. The summed E-state index contributed by atoms with van der Waals surface area (Å²) in [5.41, 5.74) is 1.70. The first kappa shape index (κ1) is 42.4. The molecule has 4 bridgehead atoms. The summed E-state index contributed by atoms with van der Waals surface area (Å²) in [6, 6.07) is 0. The monoisotopic (exact) mass is 806 g/mol. The van der Waals surface area contributed by atoms with E-state index >= 15 is 4.79 Å². The Balaban J connectivity index is 1.20. The maximum Gasteiger partial charge on any atom is 0.186 e. The number of carbonyl (C=O) groups excluding carboxylic acids is 1. The smallest absolute Gasteiger partial charge is 0.186 e. The topological polar surface area (TPSA) is 198 Å². The number of nitrogens with one attached hydrogen (secondary N) is 2.